The van der Waals surface area contributed by atoms with E-state index in [1.807, 2.05) is 6.26 Å². The number of fused-ring (bicyclic) bond motifs is 1. The van der Waals surface area contributed by atoms with Crippen molar-refractivity contribution in [3.05, 3.63) is 27.8 Å². The minimum atomic E-state index is -0.675. The molecule has 2 heterocycles. The number of aromatic nitrogens is 3. The predicted molar refractivity (Wildman–Crippen MR) is 68.0 cm³/mol. The maximum atomic E-state index is 11.7. The summed E-state index contributed by atoms with van der Waals surface area (Å²) in [7, 11) is 1.23. The third kappa shape index (κ3) is 2.08. The Kier molecular flexibility index (Phi) is 3.33. The fraction of sp³-hybridized carbons (Fsp3) is 0.273. The molecule has 0 aliphatic rings. The summed E-state index contributed by atoms with van der Waals surface area (Å²) in [5.74, 6) is -0.112. The third-order valence-electron chi connectivity index (χ3n) is 2.39. The summed E-state index contributed by atoms with van der Waals surface area (Å²) in [4.78, 5) is 34.1. The normalized spacial score (nSPS) is 10.6. The standard InChI is InChI=1S/C11H11N3O3S/c1-5-12-8-6(10(13-5)18-3)4-7(9(15)14-8)11(16)17-2/h4H,1-3H3,(H,12,13,14,15). The molecular weight excluding hydrogens is 254 g/mol. The molecule has 0 unspecified atom stereocenters. The first kappa shape index (κ1) is 12.6. The Labute approximate surface area is 107 Å². The molecule has 0 fully saturated rings. The molecule has 94 valence electrons. The van der Waals surface area contributed by atoms with Crippen molar-refractivity contribution in [2.24, 2.45) is 0 Å². The molecule has 0 aromatic carbocycles. The number of pyridine rings is 1. The number of H-pyrrole nitrogens is 1. The highest BCUT2D eigenvalue weighted by Crippen LogP contribution is 2.22. The van der Waals surface area contributed by atoms with Crippen LogP contribution in [0, 0.1) is 6.92 Å². The lowest BCUT2D eigenvalue weighted by atomic mass is 10.2. The predicted octanol–water partition coefficient (Wildman–Crippen LogP) is 1.14. The number of hydrogen-bond donors (Lipinski definition) is 1. The number of esters is 1. The zero-order valence-corrected chi connectivity index (χ0v) is 10.9. The van der Waals surface area contributed by atoms with Gasteiger partial charge in [0.1, 0.15) is 22.1 Å². The topological polar surface area (TPSA) is 84.9 Å². The summed E-state index contributed by atoms with van der Waals surface area (Å²) in [5.41, 5.74) is -0.142. The van der Waals surface area contributed by atoms with E-state index in [-0.39, 0.29) is 5.56 Å². The van der Waals surface area contributed by atoms with Gasteiger partial charge in [-0.15, -0.1) is 11.8 Å². The largest absolute Gasteiger partial charge is 0.465 e. The molecule has 0 spiro atoms. The fourth-order valence-corrected chi connectivity index (χ4v) is 2.18. The third-order valence-corrected chi connectivity index (χ3v) is 3.08. The monoisotopic (exact) mass is 265 g/mol. The van der Waals surface area contributed by atoms with Crippen LogP contribution in [-0.2, 0) is 4.74 Å². The van der Waals surface area contributed by atoms with E-state index in [0.717, 1.165) is 0 Å². The van der Waals surface area contributed by atoms with Gasteiger partial charge in [-0.3, -0.25) is 4.79 Å². The van der Waals surface area contributed by atoms with Crippen molar-refractivity contribution in [1.29, 1.82) is 0 Å². The van der Waals surface area contributed by atoms with E-state index in [1.54, 1.807) is 6.92 Å². The zero-order chi connectivity index (χ0) is 13.3. The molecule has 0 atom stereocenters. The van der Waals surface area contributed by atoms with Crippen molar-refractivity contribution >= 4 is 28.8 Å². The van der Waals surface area contributed by atoms with Gasteiger partial charge in [0.05, 0.1) is 12.5 Å². The van der Waals surface area contributed by atoms with Gasteiger partial charge >= 0.3 is 5.97 Å². The SMILES string of the molecule is COC(=O)c1cc2c(SC)nc(C)nc2[nH]c1=O. The fourth-order valence-electron chi connectivity index (χ4n) is 1.58. The van der Waals surface area contributed by atoms with Gasteiger partial charge in [0, 0.05) is 0 Å². The van der Waals surface area contributed by atoms with Gasteiger partial charge < -0.3 is 9.72 Å². The Bertz CT molecular complexity index is 681. The molecule has 1 N–H and O–H groups in total. The molecule has 0 bridgehead atoms. The first-order valence-corrected chi connectivity index (χ1v) is 6.33. The summed E-state index contributed by atoms with van der Waals surface area (Å²) in [5, 5.41) is 1.34. The van der Waals surface area contributed by atoms with E-state index in [2.05, 4.69) is 19.7 Å². The molecule has 0 saturated carbocycles. The second kappa shape index (κ2) is 4.77. The molecule has 2 aromatic heterocycles. The average Bonchev–Trinajstić information content (AvgIpc) is 2.35. The summed E-state index contributed by atoms with van der Waals surface area (Å²) in [6.45, 7) is 1.74. The number of aromatic amines is 1. The molecule has 0 amide bonds. The molecule has 0 aliphatic heterocycles. The maximum absolute atomic E-state index is 11.7. The number of nitrogens with zero attached hydrogens (tertiary/aromatic N) is 2. The van der Waals surface area contributed by atoms with Crippen molar-refractivity contribution in [1.82, 2.24) is 15.0 Å². The summed E-state index contributed by atoms with van der Waals surface area (Å²) < 4.78 is 4.56. The molecule has 0 aliphatic carbocycles. The van der Waals surface area contributed by atoms with Crippen molar-refractivity contribution in [3.8, 4) is 0 Å². The van der Waals surface area contributed by atoms with Gasteiger partial charge in [-0.25, -0.2) is 14.8 Å². The first-order valence-electron chi connectivity index (χ1n) is 5.10. The van der Waals surface area contributed by atoms with E-state index in [9.17, 15) is 9.59 Å². The van der Waals surface area contributed by atoms with Gasteiger partial charge in [0.2, 0.25) is 0 Å². The number of carbonyl (C=O) groups is 1. The van der Waals surface area contributed by atoms with E-state index >= 15 is 0 Å². The number of rotatable bonds is 2. The molecular formula is C11H11N3O3S. The highest BCUT2D eigenvalue weighted by atomic mass is 32.2. The smallest absolute Gasteiger partial charge is 0.343 e. The Morgan fingerprint density at radius 3 is 2.78 bits per heavy atom. The maximum Gasteiger partial charge on any atom is 0.343 e. The van der Waals surface area contributed by atoms with Gasteiger partial charge in [-0.1, -0.05) is 0 Å². The van der Waals surface area contributed by atoms with Crippen molar-refractivity contribution in [2.45, 2.75) is 11.9 Å². The van der Waals surface area contributed by atoms with Crippen molar-refractivity contribution < 1.29 is 9.53 Å². The van der Waals surface area contributed by atoms with E-state index in [0.29, 0.717) is 21.9 Å². The number of carbonyl (C=O) groups excluding carboxylic acids is 1. The van der Waals surface area contributed by atoms with Gasteiger partial charge in [-0.05, 0) is 19.2 Å². The lowest BCUT2D eigenvalue weighted by Crippen LogP contribution is -2.19. The number of aryl methyl sites for hydroxylation is 1. The van der Waals surface area contributed by atoms with Crippen LogP contribution < -0.4 is 5.56 Å². The Hall–Kier alpha value is -1.89. The minimum Gasteiger partial charge on any atom is -0.465 e. The van der Waals surface area contributed by atoms with Crippen molar-refractivity contribution in [2.75, 3.05) is 13.4 Å². The summed E-state index contributed by atoms with van der Waals surface area (Å²) in [6, 6.07) is 1.46. The van der Waals surface area contributed by atoms with E-state index in [1.165, 1.54) is 24.9 Å². The number of ether oxygens (including phenoxy) is 1. The van der Waals surface area contributed by atoms with Crippen LogP contribution in [0.15, 0.2) is 15.9 Å². The van der Waals surface area contributed by atoms with Crippen LogP contribution in [0.1, 0.15) is 16.2 Å². The van der Waals surface area contributed by atoms with Gasteiger partial charge in [0.15, 0.2) is 0 Å². The van der Waals surface area contributed by atoms with Crippen LogP contribution in [0.5, 0.6) is 0 Å². The van der Waals surface area contributed by atoms with Crippen LogP contribution in [0.3, 0.4) is 0 Å². The Morgan fingerprint density at radius 1 is 1.44 bits per heavy atom. The van der Waals surface area contributed by atoms with Crippen LogP contribution in [-0.4, -0.2) is 34.3 Å². The molecule has 0 saturated heterocycles. The minimum absolute atomic E-state index is 0.0484. The summed E-state index contributed by atoms with van der Waals surface area (Å²) in [6.07, 6.45) is 1.87. The van der Waals surface area contributed by atoms with Crippen LogP contribution >= 0.6 is 11.8 Å². The van der Waals surface area contributed by atoms with E-state index in [4.69, 9.17) is 0 Å². The van der Waals surface area contributed by atoms with Crippen LogP contribution in [0.2, 0.25) is 0 Å². The average molecular weight is 265 g/mol. The van der Waals surface area contributed by atoms with Gasteiger partial charge in [0.25, 0.3) is 5.56 Å². The first-order chi connectivity index (χ1) is 8.56. The van der Waals surface area contributed by atoms with Crippen molar-refractivity contribution in [3.63, 3.8) is 0 Å². The molecule has 6 nitrogen and oxygen atoms in total. The quantitative estimate of drug-likeness (QED) is 0.498. The van der Waals surface area contributed by atoms with Gasteiger partial charge in [-0.2, -0.15) is 0 Å². The number of methoxy groups -OCH3 is 1. The van der Waals surface area contributed by atoms with Crippen LogP contribution in [0.25, 0.3) is 11.0 Å². The molecule has 0 radical (unpaired) electrons. The highest BCUT2D eigenvalue weighted by molar-refractivity contribution is 7.98. The molecule has 2 aromatic rings. The van der Waals surface area contributed by atoms with Crippen LogP contribution in [0.4, 0.5) is 0 Å². The zero-order valence-electron chi connectivity index (χ0n) is 10.1. The number of nitrogens with one attached hydrogen (secondary N) is 1. The number of hydrogen-bond acceptors (Lipinski definition) is 6. The second-order valence-corrected chi connectivity index (χ2v) is 4.34. The Morgan fingerprint density at radius 2 is 2.17 bits per heavy atom. The molecule has 7 heteroatoms. The second-order valence-electron chi connectivity index (χ2n) is 3.55. The molecule has 2 rings (SSSR count). The lowest BCUT2D eigenvalue weighted by molar-refractivity contribution is 0.0599. The van der Waals surface area contributed by atoms with E-state index < -0.39 is 11.5 Å². The highest BCUT2D eigenvalue weighted by Gasteiger charge is 2.15. The Balaban J connectivity index is 2.81. The summed E-state index contributed by atoms with van der Waals surface area (Å²) >= 11 is 1.42. The number of thioether (sulfide) groups is 1. The molecule has 18 heavy (non-hydrogen) atoms. The lowest BCUT2D eigenvalue weighted by Gasteiger charge is -2.05.